The fourth-order valence-corrected chi connectivity index (χ4v) is 2.72. The molecule has 1 aromatic carbocycles. The van der Waals surface area contributed by atoms with Crippen LogP contribution in [-0.2, 0) is 17.7 Å². The second-order valence-corrected chi connectivity index (χ2v) is 5.57. The van der Waals surface area contributed by atoms with Crippen LogP contribution in [-0.4, -0.2) is 24.9 Å². The van der Waals surface area contributed by atoms with Crippen molar-refractivity contribution in [2.24, 2.45) is 0 Å². The van der Waals surface area contributed by atoms with Gasteiger partial charge >= 0.3 is 0 Å². The van der Waals surface area contributed by atoms with E-state index >= 15 is 0 Å². The molecular weight excluding hydrogens is 226 g/mol. The third-order valence-corrected chi connectivity index (χ3v) is 4.34. The fraction of sp³-hybridized carbons (Fsp3) is 0.600. The third-order valence-electron chi connectivity index (χ3n) is 4.34. The summed E-state index contributed by atoms with van der Waals surface area (Å²) >= 11 is 0. The normalized spacial score (nSPS) is 30.2. The van der Waals surface area contributed by atoms with Crippen LogP contribution in [0.1, 0.15) is 31.4 Å². The zero-order chi connectivity index (χ0) is 12.6. The van der Waals surface area contributed by atoms with Crippen molar-refractivity contribution >= 4 is 0 Å². The average Bonchev–Trinajstić information content (AvgIpc) is 2.95. The van der Waals surface area contributed by atoms with E-state index in [1.165, 1.54) is 11.1 Å². The molecule has 0 aliphatic carbocycles. The van der Waals surface area contributed by atoms with Crippen molar-refractivity contribution in [2.75, 3.05) is 13.2 Å². The van der Waals surface area contributed by atoms with Gasteiger partial charge in [0.2, 0.25) is 0 Å². The SMILES string of the molecule is CC1OCCC1(C)NCc1ccc2c(c1)CCO2. The Morgan fingerprint density at radius 2 is 2.28 bits per heavy atom. The first kappa shape index (κ1) is 12.0. The molecule has 0 bridgehead atoms. The van der Waals surface area contributed by atoms with Gasteiger partial charge in [-0.3, -0.25) is 0 Å². The maximum absolute atomic E-state index is 5.65. The van der Waals surface area contributed by atoms with E-state index in [0.717, 1.165) is 38.3 Å². The van der Waals surface area contributed by atoms with E-state index < -0.39 is 0 Å². The molecule has 0 amide bonds. The Morgan fingerprint density at radius 1 is 1.39 bits per heavy atom. The highest BCUT2D eigenvalue weighted by Gasteiger charge is 2.36. The minimum Gasteiger partial charge on any atom is -0.493 e. The van der Waals surface area contributed by atoms with Gasteiger partial charge in [0.05, 0.1) is 12.7 Å². The van der Waals surface area contributed by atoms with Crippen LogP contribution in [0.4, 0.5) is 0 Å². The first-order chi connectivity index (χ1) is 8.67. The van der Waals surface area contributed by atoms with Gasteiger partial charge in [-0.2, -0.15) is 0 Å². The average molecular weight is 247 g/mol. The lowest BCUT2D eigenvalue weighted by Gasteiger charge is -2.29. The van der Waals surface area contributed by atoms with E-state index in [9.17, 15) is 0 Å². The molecule has 2 heterocycles. The molecule has 18 heavy (non-hydrogen) atoms. The minimum absolute atomic E-state index is 0.107. The second-order valence-electron chi connectivity index (χ2n) is 5.57. The van der Waals surface area contributed by atoms with Gasteiger partial charge in [0.1, 0.15) is 5.75 Å². The van der Waals surface area contributed by atoms with Crippen LogP contribution in [0.3, 0.4) is 0 Å². The van der Waals surface area contributed by atoms with Crippen molar-refractivity contribution < 1.29 is 9.47 Å². The molecule has 3 heteroatoms. The molecule has 0 spiro atoms. The Kier molecular flexibility index (Phi) is 3.04. The largest absolute Gasteiger partial charge is 0.493 e. The molecule has 3 rings (SSSR count). The summed E-state index contributed by atoms with van der Waals surface area (Å²) in [5, 5.41) is 3.65. The van der Waals surface area contributed by atoms with Gasteiger partial charge in [0.15, 0.2) is 0 Å². The van der Waals surface area contributed by atoms with Gasteiger partial charge in [-0.25, -0.2) is 0 Å². The van der Waals surface area contributed by atoms with E-state index in [2.05, 4.69) is 37.4 Å². The summed E-state index contributed by atoms with van der Waals surface area (Å²) in [5.74, 6) is 1.06. The highest BCUT2D eigenvalue weighted by atomic mass is 16.5. The summed E-state index contributed by atoms with van der Waals surface area (Å²) in [5.41, 5.74) is 2.78. The molecule has 2 atom stereocenters. The van der Waals surface area contributed by atoms with Crippen molar-refractivity contribution in [3.63, 3.8) is 0 Å². The Hall–Kier alpha value is -1.06. The van der Waals surface area contributed by atoms with Crippen LogP contribution in [0.25, 0.3) is 0 Å². The summed E-state index contributed by atoms with van der Waals surface area (Å²) in [7, 11) is 0. The van der Waals surface area contributed by atoms with Crippen LogP contribution in [0, 0.1) is 0 Å². The number of nitrogens with one attached hydrogen (secondary N) is 1. The summed E-state index contributed by atoms with van der Waals surface area (Å²) < 4.78 is 11.2. The van der Waals surface area contributed by atoms with Crippen LogP contribution in [0.15, 0.2) is 18.2 Å². The van der Waals surface area contributed by atoms with Gasteiger partial charge in [0.25, 0.3) is 0 Å². The molecule has 0 radical (unpaired) electrons. The Bertz CT molecular complexity index is 446. The van der Waals surface area contributed by atoms with Crippen molar-refractivity contribution in [3.05, 3.63) is 29.3 Å². The maximum Gasteiger partial charge on any atom is 0.122 e. The lowest BCUT2D eigenvalue weighted by atomic mass is 9.94. The molecule has 1 saturated heterocycles. The Balaban J connectivity index is 1.66. The molecule has 2 aliphatic rings. The molecule has 1 fully saturated rings. The van der Waals surface area contributed by atoms with Gasteiger partial charge in [-0.1, -0.05) is 12.1 Å². The molecular formula is C15H21NO2. The zero-order valence-corrected chi connectivity index (χ0v) is 11.2. The fourth-order valence-electron chi connectivity index (χ4n) is 2.72. The lowest BCUT2D eigenvalue weighted by molar-refractivity contribution is 0.0881. The minimum atomic E-state index is 0.107. The Labute approximate surface area is 108 Å². The van der Waals surface area contributed by atoms with Crippen LogP contribution in [0.2, 0.25) is 0 Å². The standard InChI is InChI=1S/C15H21NO2/c1-11-15(2,6-8-17-11)16-10-12-3-4-14-13(9-12)5-7-18-14/h3-4,9,11,16H,5-8,10H2,1-2H3. The number of ether oxygens (including phenoxy) is 2. The lowest BCUT2D eigenvalue weighted by Crippen LogP contribution is -2.47. The quantitative estimate of drug-likeness (QED) is 0.889. The van der Waals surface area contributed by atoms with Crippen molar-refractivity contribution in [1.29, 1.82) is 0 Å². The molecule has 1 aromatic rings. The van der Waals surface area contributed by atoms with Crippen molar-refractivity contribution in [1.82, 2.24) is 5.32 Å². The van der Waals surface area contributed by atoms with E-state index in [1.54, 1.807) is 0 Å². The van der Waals surface area contributed by atoms with Gasteiger partial charge in [-0.15, -0.1) is 0 Å². The maximum atomic E-state index is 5.65. The van der Waals surface area contributed by atoms with Crippen LogP contribution < -0.4 is 10.1 Å². The molecule has 0 aromatic heterocycles. The zero-order valence-electron chi connectivity index (χ0n) is 11.2. The van der Waals surface area contributed by atoms with E-state index in [1.807, 2.05) is 0 Å². The first-order valence-corrected chi connectivity index (χ1v) is 6.79. The smallest absolute Gasteiger partial charge is 0.122 e. The van der Waals surface area contributed by atoms with Gasteiger partial charge < -0.3 is 14.8 Å². The number of benzene rings is 1. The number of rotatable bonds is 3. The number of fused-ring (bicyclic) bond motifs is 1. The predicted molar refractivity (Wildman–Crippen MR) is 70.9 cm³/mol. The molecule has 2 aliphatic heterocycles. The van der Waals surface area contributed by atoms with E-state index in [0.29, 0.717) is 0 Å². The molecule has 1 N–H and O–H groups in total. The number of hydrogen-bond acceptors (Lipinski definition) is 3. The topological polar surface area (TPSA) is 30.5 Å². The number of hydrogen-bond donors (Lipinski definition) is 1. The summed E-state index contributed by atoms with van der Waals surface area (Å²) in [4.78, 5) is 0. The highest BCUT2D eigenvalue weighted by molar-refractivity contribution is 5.39. The summed E-state index contributed by atoms with van der Waals surface area (Å²) in [6, 6.07) is 6.51. The first-order valence-electron chi connectivity index (χ1n) is 6.79. The summed E-state index contributed by atoms with van der Waals surface area (Å²) in [6.45, 7) is 6.99. The van der Waals surface area contributed by atoms with E-state index in [4.69, 9.17) is 9.47 Å². The molecule has 98 valence electrons. The molecule has 0 saturated carbocycles. The predicted octanol–water partition coefficient (Wildman–Crippen LogP) is 2.28. The highest BCUT2D eigenvalue weighted by Crippen LogP contribution is 2.28. The summed E-state index contributed by atoms with van der Waals surface area (Å²) in [6.07, 6.45) is 2.41. The van der Waals surface area contributed by atoms with Gasteiger partial charge in [-0.05, 0) is 37.5 Å². The Morgan fingerprint density at radius 3 is 3.06 bits per heavy atom. The van der Waals surface area contributed by atoms with E-state index in [-0.39, 0.29) is 11.6 Å². The van der Waals surface area contributed by atoms with Gasteiger partial charge in [0, 0.05) is 25.1 Å². The molecule has 2 unspecified atom stereocenters. The third kappa shape index (κ3) is 2.13. The van der Waals surface area contributed by atoms with Crippen LogP contribution in [0.5, 0.6) is 5.75 Å². The monoisotopic (exact) mass is 247 g/mol. The second kappa shape index (κ2) is 4.56. The molecule has 3 nitrogen and oxygen atoms in total. The van der Waals surface area contributed by atoms with Crippen molar-refractivity contribution in [3.8, 4) is 5.75 Å². The van der Waals surface area contributed by atoms with Crippen molar-refractivity contribution in [2.45, 2.75) is 44.9 Å². The van der Waals surface area contributed by atoms with Crippen LogP contribution >= 0.6 is 0 Å².